The summed E-state index contributed by atoms with van der Waals surface area (Å²) >= 11 is 8.98. The van der Waals surface area contributed by atoms with Crippen LogP contribution in [0.25, 0.3) is 0 Å². The lowest BCUT2D eigenvalue weighted by Gasteiger charge is -2.01. The van der Waals surface area contributed by atoms with E-state index in [9.17, 15) is 4.79 Å². The number of aromatic nitrogens is 2. The Labute approximate surface area is 77.7 Å². The van der Waals surface area contributed by atoms with Gasteiger partial charge in [0, 0.05) is 19.4 Å². The average Bonchev–Trinajstić information content (AvgIpc) is 2.17. The molecule has 0 bridgehead atoms. The summed E-state index contributed by atoms with van der Waals surface area (Å²) in [6, 6.07) is 0. The van der Waals surface area contributed by atoms with Gasteiger partial charge in [-0.05, 0) is 0 Å². The molecule has 0 radical (unpaired) electrons. The number of hydrogen-bond acceptors (Lipinski definition) is 1. The second-order valence-electron chi connectivity index (χ2n) is 2.25. The fourth-order valence-electron chi connectivity index (χ4n) is 0.870. The highest BCUT2D eigenvalue weighted by Crippen LogP contribution is 2.13. The Balaban J connectivity index is 3.48. The quantitative estimate of drug-likeness (QED) is 0.678. The zero-order chi connectivity index (χ0) is 8.59. The molecule has 0 aromatic carbocycles. The zero-order valence-corrected chi connectivity index (χ0v) is 8.61. The van der Waals surface area contributed by atoms with Crippen LogP contribution >= 0.6 is 27.5 Å². The lowest BCUT2D eigenvalue weighted by atomic mass is 10.5. The van der Waals surface area contributed by atoms with Crippen molar-refractivity contribution in [3.63, 3.8) is 0 Å². The third kappa shape index (κ3) is 1.25. The lowest BCUT2D eigenvalue weighted by molar-refractivity contribution is 0.565. The molecule has 0 atom stereocenters. The van der Waals surface area contributed by atoms with E-state index in [1.54, 1.807) is 18.8 Å². The van der Waals surface area contributed by atoms with Gasteiger partial charge in [-0.15, -0.1) is 0 Å². The predicted octanol–water partition coefficient (Wildman–Crippen LogP) is 1.27. The topological polar surface area (TPSA) is 26.9 Å². The molecule has 0 unspecified atom stereocenters. The summed E-state index contributed by atoms with van der Waals surface area (Å²) in [5.74, 6) is 0. The van der Waals surface area contributed by atoms with E-state index in [1.807, 2.05) is 0 Å². The molecule has 0 aliphatic carbocycles. The van der Waals surface area contributed by atoms with Crippen LogP contribution in [0.5, 0.6) is 0 Å². The second-order valence-corrected chi connectivity index (χ2v) is 3.19. The van der Waals surface area contributed by atoms with Crippen molar-refractivity contribution in [1.82, 2.24) is 9.36 Å². The van der Waals surface area contributed by atoms with Gasteiger partial charge in [-0.25, -0.2) is 0 Å². The van der Waals surface area contributed by atoms with E-state index >= 15 is 0 Å². The molecule has 11 heavy (non-hydrogen) atoms. The smallest absolute Gasteiger partial charge is 0.285 e. The first-order valence-electron chi connectivity index (χ1n) is 3.06. The molecule has 62 valence electrons. The predicted molar refractivity (Wildman–Crippen MR) is 48.3 cm³/mol. The van der Waals surface area contributed by atoms with Crippen LogP contribution in [-0.4, -0.2) is 9.36 Å². The lowest BCUT2D eigenvalue weighted by Crippen LogP contribution is -2.17. The Bertz CT molecular complexity index is 328. The largest absolute Gasteiger partial charge is 0.288 e. The third-order valence-corrected chi connectivity index (χ3v) is 2.61. The maximum atomic E-state index is 11.2. The molecule has 0 fully saturated rings. The Morgan fingerprint density at radius 3 is 2.18 bits per heavy atom. The summed E-state index contributed by atoms with van der Waals surface area (Å²) in [4.78, 5) is 11.2. The molecule has 1 rings (SSSR count). The summed E-state index contributed by atoms with van der Waals surface area (Å²) in [5.41, 5.74) is 0.655. The maximum absolute atomic E-state index is 11.2. The van der Waals surface area contributed by atoms with Crippen molar-refractivity contribution in [3.05, 3.63) is 21.1 Å². The van der Waals surface area contributed by atoms with Gasteiger partial charge in [-0.3, -0.25) is 14.2 Å². The number of hydrogen-bond donors (Lipinski definition) is 0. The highest BCUT2D eigenvalue weighted by atomic mass is 79.9. The number of alkyl halides is 1. The molecule has 3 nitrogen and oxygen atoms in total. The van der Waals surface area contributed by atoms with E-state index in [0.717, 1.165) is 5.69 Å². The monoisotopic (exact) mass is 238 g/mol. The van der Waals surface area contributed by atoms with Crippen LogP contribution in [-0.2, 0) is 19.4 Å². The van der Waals surface area contributed by atoms with Gasteiger partial charge >= 0.3 is 0 Å². The number of nitrogens with zero attached hydrogens (tertiary/aromatic N) is 2. The normalized spacial score (nSPS) is 10.5. The first kappa shape index (κ1) is 8.87. The van der Waals surface area contributed by atoms with Crippen molar-refractivity contribution in [1.29, 1.82) is 0 Å². The van der Waals surface area contributed by atoms with Crippen LogP contribution in [0.1, 0.15) is 5.69 Å². The molecule has 5 heteroatoms. The van der Waals surface area contributed by atoms with Crippen molar-refractivity contribution in [2.24, 2.45) is 14.1 Å². The second kappa shape index (κ2) is 3.03. The fourth-order valence-corrected chi connectivity index (χ4v) is 1.99. The van der Waals surface area contributed by atoms with Gasteiger partial charge in [0.2, 0.25) is 0 Å². The van der Waals surface area contributed by atoms with Gasteiger partial charge in [-0.2, -0.15) is 0 Å². The van der Waals surface area contributed by atoms with Gasteiger partial charge in [0.05, 0.1) is 5.69 Å². The van der Waals surface area contributed by atoms with E-state index in [0.29, 0.717) is 10.4 Å². The maximum Gasteiger partial charge on any atom is 0.285 e. The summed E-state index contributed by atoms with van der Waals surface area (Å²) in [6.07, 6.45) is 0. The Morgan fingerprint density at radius 1 is 1.45 bits per heavy atom. The van der Waals surface area contributed by atoms with Gasteiger partial charge in [0.25, 0.3) is 5.56 Å². The van der Waals surface area contributed by atoms with Crippen molar-refractivity contribution < 1.29 is 0 Å². The van der Waals surface area contributed by atoms with Gasteiger partial charge in [0.15, 0.2) is 0 Å². The van der Waals surface area contributed by atoms with Crippen LogP contribution in [0.2, 0.25) is 5.02 Å². The van der Waals surface area contributed by atoms with E-state index in [4.69, 9.17) is 11.6 Å². The van der Waals surface area contributed by atoms with Gasteiger partial charge in [-0.1, -0.05) is 27.5 Å². The summed E-state index contributed by atoms with van der Waals surface area (Å²) < 4.78 is 3.19. The minimum absolute atomic E-state index is 0.149. The first-order valence-corrected chi connectivity index (χ1v) is 4.55. The van der Waals surface area contributed by atoms with Crippen molar-refractivity contribution in [2.75, 3.05) is 0 Å². The molecule has 0 aliphatic heterocycles. The SMILES string of the molecule is Cn1c(CBr)c(Cl)c(=O)n1C. The molecule has 0 saturated carbocycles. The van der Waals surface area contributed by atoms with Crippen LogP contribution < -0.4 is 5.56 Å². The molecule has 0 amide bonds. The minimum Gasteiger partial charge on any atom is -0.288 e. The van der Waals surface area contributed by atoms with E-state index < -0.39 is 0 Å². The van der Waals surface area contributed by atoms with Gasteiger partial charge < -0.3 is 0 Å². The van der Waals surface area contributed by atoms with Gasteiger partial charge in [0.1, 0.15) is 5.02 Å². The first-order chi connectivity index (χ1) is 5.09. The van der Waals surface area contributed by atoms with Crippen LogP contribution in [0.4, 0.5) is 0 Å². The van der Waals surface area contributed by atoms with E-state index in [1.165, 1.54) is 4.68 Å². The molecule has 1 aromatic heterocycles. The van der Waals surface area contributed by atoms with E-state index in [2.05, 4.69) is 15.9 Å². The zero-order valence-electron chi connectivity index (χ0n) is 6.27. The van der Waals surface area contributed by atoms with Crippen molar-refractivity contribution in [3.8, 4) is 0 Å². The Kier molecular flexibility index (Phi) is 2.44. The van der Waals surface area contributed by atoms with Crippen molar-refractivity contribution >= 4 is 27.5 Å². The standard InChI is InChI=1S/C6H8BrClN2O/c1-9-4(3-7)5(8)6(11)10(9)2/h3H2,1-2H3. The molecule has 0 spiro atoms. The third-order valence-electron chi connectivity index (χ3n) is 1.70. The minimum atomic E-state index is -0.149. The van der Waals surface area contributed by atoms with E-state index in [-0.39, 0.29) is 5.56 Å². The molecule has 0 N–H and O–H groups in total. The average molecular weight is 239 g/mol. The summed E-state index contributed by atoms with van der Waals surface area (Å²) in [6.45, 7) is 0. The molecule has 0 aliphatic rings. The Morgan fingerprint density at radius 2 is 2.00 bits per heavy atom. The van der Waals surface area contributed by atoms with Crippen LogP contribution in [0.15, 0.2) is 4.79 Å². The highest BCUT2D eigenvalue weighted by Gasteiger charge is 2.11. The molecule has 0 saturated heterocycles. The molecule has 1 heterocycles. The number of halogens is 2. The fraction of sp³-hybridized carbons (Fsp3) is 0.500. The number of rotatable bonds is 1. The van der Waals surface area contributed by atoms with Crippen molar-refractivity contribution in [2.45, 2.75) is 5.33 Å². The Hall–Kier alpha value is -0.220. The summed E-state index contributed by atoms with van der Waals surface area (Å²) in [7, 11) is 3.48. The summed E-state index contributed by atoms with van der Waals surface area (Å²) in [5, 5.41) is 0.894. The van der Waals surface area contributed by atoms with Crippen LogP contribution in [0, 0.1) is 0 Å². The highest BCUT2D eigenvalue weighted by molar-refractivity contribution is 9.08. The molecule has 1 aromatic rings. The molecular formula is C6H8BrClN2O. The van der Waals surface area contributed by atoms with Crippen LogP contribution in [0.3, 0.4) is 0 Å². The molecular weight excluding hydrogens is 231 g/mol.